The monoisotopic (exact) mass is 318 g/mol. The second kappa shape index (κ2) is 7.13. The Kier molecular flexibility index (Phi) is 5.22. The molecule has 3 N–H and O–H groups in total. The lowest BCUT2D eigenvalue weighted by atomic mass is 10.2. The number of hydrogen-bond acceptors (Lipinski definition) is 3. The molecule has 0 fully saturated rings. The van der Waals surface area contributed by atoms with Crippen molar-refractivity contribution in [3.8, 4) is 0 Å². The van der Waals surface area contributed by atoms with E-state index >= 15 is 0 Å². The van der Waals surface area contributed by atoms with Crippen molar-refractivity contribution in [1.82, 2.24) is 10.3 Å². The van der Waals surface area contributed by atoms with Crippen LogP contribution in [-0.2, 0) is 0 Å². The summed E-state index contributed by atoms with van der Waals surface area (Å²) in [5.74, 6) is 0.492. The number of aromatic nitrogens is 1. The fourth-order valence-corrected chi connectivity index (χ4v) is 2.01. The van der Waals surface area contributed by atoms with Crippen LogP contribution in [0, 0.1) is 6.92 Å². The van der Waals surface area contributed by atoms with Gasteiger partial charge in [-0.2, -0.15) is 0 Å². The van der Waals surface area contributed by atoms with Crippen molar-refractivity contribution in [3.63, 3.8) is 0 Å². The number of nitrogens with zero attached hydrogens (tertiary/aromatic N) is 1. The first-order valence-corrected chi connectivity index (χ1v) is 7.38. The van der Waals surface area contributed by atoms with Gasteiger partial charge in [0.25, 0.3) is 0 Å². The van der Waals surface area contributed by atoms with Gasteiger partial charge in [0.05, 0.1) is 11.9 Å². The molecular formula is C16H19ClN4O. The third-order valence-corrected chi connectivity index (χ3v) is 3.14. The zero-order valence-corrected chi connectivity index (χ0v) is 13.5. The average Bonchev–Trinajstić information content (AvgIpc) is 2.44. The van der Waals surface area contributed by atoms with Gasteiger partial charge in [-0.05, 0) is 50.6 Å². The highest BCUT2D eigenvalue weighted by Gasteiger charge is 2.05. The molecule has 2 amide bonds. The number of halogens is 1. The summed E-state index contributed by atoms with van der Waals surface area (Å²) in [6.07, 6.45) is 1.66. The maximum Gasteiger partial charge on any atom is 0.320 e. The molecule has 22 heavy (non-hydrogen) atoms. The molecule has 0 aliphatic carbocycles. The predicted octanol–water partition coefficient (Wildman–Crippen LogP) is 4.32. The second-order valence-electron chi connectivity index (χ2n) is 5.27. The summed E-state index contributed by atoms with van der Waals surface area (Å²) in [5.41, 5.74) is 2.83. The van der Waals surface area contributed by atoms with Crippen LogP contribution in [0.2, 0.25) is 5.02 Å². The van der Waals surface area contributed by atoms with Crippen molar-refractivity contribution in [2.24, 2.45) is 0 Å². The van der Waals surface area contributed by atoms with Crippen LogP contribution in [0.3, 0.4) is 0 Å². The Morgan fingerprint density at radius 3 is 2.64 bits per heavy atom. The number of carbonyl (C=O) groups excluding carboxylic acids is 1. The van der Waals surface area contributed by atoms with E-state index in [0.717, 1.165) is 16.9 Å². The Labute approximate surface area is 135 Å². The van der Waals surface area contributed by atoms with Gasteiger partial charge < -0.3 is 10.6 Å². The molecule has 5 nitrogen and oxygen atoms in total. The van der Waals surface area contributed by atoms with Crippen molar-refractivity contribution in [2.75, 3.05) is 10.6 Å². The van der Waals surface area contributed by atoms with E-state index in [1.54, 1.807) is 12.3 Å². The highest BCUT2D eigenvalue weighted by Crippen LogP contribution is 2.24. The standard InChI is InChI=1S/C16H19ClN4O/c1-10(2)19-16(22)21-15-7-6-13(9-18-15)20-14-8-12(17)5-4-11(14)3/h4-10,20H,1-3H3,(H2,18,19,21,22). The quantitative estimate of drug-likeness (QED) is 0.786. The van der Waals surface area contributed by atoms with E-state index in [0.29, 0.717) is 10.8 Å². The summed E-state index contributed by atoms with van der Waals surface area (Å²) in [4.78, 5) is 15.8. The molecule has 0 radical (unpaired) electrons. The minimum absolute atomic E-state index is 0.0757. The van der Waals surface area contributed by atoms with E-state index in [1.807, 2.05) is 45.0 Å². The van der Waals surface area contributed by atoms with Crippen molar-refractivity contribution < 1.29 is 4.79 Å². The van der Waals surface area contributed by atoms with Gasteiger partial charge in [-0.15, -0.1) is 0 Å². The Morgan fingerprint density at radius 1 is 1.23 bits per heavy atom. The molecular weight excluding hydrogens is 300 g/mol. The van der Waals surface area contributed by atoms with Crippen LogP contribution in [0.1, 0.15) is 19.4 Å². The first-order chi connectivity index (χ1) is 10.4. The van der Waals surface area contributed by atoms with E-state index in [2.05, 4.69) is 20.9 Å². The molecule has 0 saturated carbocycles. The van der Waals surface area contributed by atoms with E-state index in [4.69, 9.17) is 11.6 Å². The zero-order chi connectivity index (χ0) is 16.1. The van der Waals surface area contributed by atoms with Gasteiger partial charge in [0.1, 0.15) is 5.82 Å². The molecule has 0 saturated heterocycles. The largest absolute Gasteiger partial charge is 0.354 e. The van der Waals surface area contributed by atoms with E-state index in [1.165, 1.54) is 0 Å². The summed E-state index contributed by atoms with van der Waals surface area (Å²) in [6, 6.07) is 9.05. The number of pyridine rings is 1. The number of rotatable bonds is 4. The number of benzene rings is 1. The molecule has 116 valence electrons. The predicted molar refractivity (Wildman–Crippen MR) is 91.0 cm³/mol. The summed E-state index contributed by atoms with van der Waals surface area (Å²) in [5, 5.41) is 9.34. The lowest BCUT2D eigenvalue weighted by Gasteiger charge is -2.11. The van der Waals surface area contributed by atoms with Gasteiger partial charge >= 0.3 is 6.03 Å². The number of hydrogen-bond donors (Lipinski definition) is 3. The fourth-order valence-electron chi connectivity index (χ4n) is 1.84. The van der Waals surface area contributed by atoms with Gasteiger partial charge in [0, 0.05) is 16.8 Å². The summed E-state index contributed by atoms with van der Waals surface area (Å²) >= 11 is 6.00. The molecule has 2 aromatic rings. The van der Waals surface area contributed by atoms with Gasteiger partial charge in [-0.1, -0.05) is 17.7 Å². The number of nitrogens with one attached hydrogen (secondary N) is 3. The van der Waals surface area contributed by atoms with E-state index < -0.39 is 0 Å². The molecule has 0 unspecified atom stereocenters. The third-order valence-electron chi connectivity index (χ3n) is 2.90. The second-order valence-corrected chi connectivity index (χ2v) is 5.71. The molecule has 0 aliphatic heterocycles. The van der Waals surface area contributed by atoms with Crippen molar-refractivity contribution in [2.45, 2.75) is 26.8 Å². The molecule has 2 rings (SSSR count). The SMILES string of the molecule is Cc1ccc(Cl)cc1Nc1ccc(NC(=O)NC(C)C)nc1. The van der Waals surface area contributed by atoms with Crippen molar-refractivity contribution in [1.29, 1.82) is 0 Å². The number of urea groups is 1. The lowest BCUT2D eigenvalue weighted by Crippen LogP contribution is -2.34. The summed E-state index contributed by atoms with van der Waals surface area (Å²) in [7, 11) is 0. The third kappa shape index (κ3) is 4.63. The average molecular weight is 319 g/mol. The normalized spacial score (nSPS) is 10.4. The van der Waals surface area contributed by atoms with Crippen LogP contribution in [-0.4, -0.2) is 17.1 Å². The lowest BCUT2D eigenvalue weighted by molar-refractivity contribution is 0.250. The molecule has 1 aromatic heterocycles. The van der Waals surface area contributed by atoms with Crippen LogP contribution in [0.15, 0.2) is 36.5 Å². The molecule has 0 spiro atoms. The van der Waals surface area contributed by atoms with Crippen LogP contribution in [0.5, 0.6) is 0 Å². The summed E-state index contributed by atoms with van der Waals surface area (Å²) in [6.45, 7) is 5.79. The Balaban J connectivity index is 2.03. The highest BCUT2D eigenvalue weighted by atomic mass is 35.5. The van der Waals surface area contributed by atoms with Gasteiger partial charge in [-0.3, -0.25) is 5.32 Å². The number of amides is 2. The van der Waals surface area contributed by atoms with Crippen LogP contribution in [0.4, 0.5) is 22.0 Å². The topological polar surface area (TPSA) is 66.0 Å². The highest BCUT2D eigenvalue weighted by molar-refractivity contribution is 6.30. The van der Waals surface area contributed by atoms with Crippen molar-refractivity contribution in [3.05, 3.63) is 47.1 Å². The van der Waals surface area contributed by atoms with Crippen LogP contribution < -0.4 is 16.0 Å². The van der Waals surface area contributed by atoms with Gasteiger partial charge in [0.2, 0.25) is 0 Å². The maximum absolute atomic E-state index is 11.6. The first-order valence-electron chi connectivity index (χ1n) is 7.01. The molecule has 1 heterocycles. The Hall–Kier alpha value is -2.27. The van der Waals surface area contributed by atoms with Crippen LogP contribution >= 0.6 is 11.6 Å². The van der Waals surface area contributed by atoms with E-state index in [9.17, 15) is 4.79 Å². The van der Waals surface area contributed by atoms with E-state index in [-0.39, 0.29) is 12.1 Å². The molecule has 1 aromatic carbocycles. The number of carbonyl (C=O) groups is 1. The van der Waals surface area contributed by atoms with Gasteiger partial charge in [-0.25, -0.2) is 9.78 Å². The fraction of sp³-hybridized carbons (Fsp3) is 0.250. The smallest absolute Gasteiger partial charge is 0.320 e. The summed E-state index contributed by atoms with van der Waals surface area (Å²) < 4.78 is 0. The molecule has 6 heteroatoms. The zero-order valence-electron chi connectivity index (χ0n) is 12.8. The minimum atomic E-state index is -0.270. The molecule has 0 bridgehead atoms. The minimum Gasteiger partial charge on any atom is -0.354 e. The Morgan fingerprint density at radius 2 is 2.00 bits per heavy atom. The molecule has 0 aliphatic rings. The van der Waals surface area contributed by atoms with Crippen molar-refractivity contribution >= 4 is 34.8 Å². The Bertz CT molecular complexity index is 656. The number of anilines is 3. The van der Waals surface area contributed by atoms with Gasteiger partial charge in [0.15, 0.2) is 0 Å². The molecule has 0 atom stereocenters. The first kappa shape index (κ1) is 16.1. The maximum atomic E-state index is 11.6. The number of aryl methyl sites for hydroxylation is 1. The van der Waals surface area contributed by atoms with Crippen LogP contribution in [0.25, 0.3) is 0 Å².